The predicted octanol–water partition coefficient (Wildman–Crippen LogP) is 4.49. The van der Waals surface area contributed by atoms with Crippen LogP contribution in [0.2, 0.25) is 0 Å². The van der Waals surface area contributed by atoms with Crippen molar-refractivity contribution in [3.05, 3.63) is 65.7 Å². The summed E-state index contributed by atoms with van der Waals surface area (Å²) >= 11 is 0. The summed E-state index contributed by atoms with van der Waals surface area (Å²) in [6.07, 6.45) is 5.29. The van der Waals surface area contributed by atoms with Crippen LogP contribution in [-0.2, 0) is 12.1 Å². The summed E-state index contributed by atoms with van der Waals surface area (Å²) in [5.74, 6) is 0.876. The lowest BCUT2D eigenvalue weighted by Crippen LogP contribution is -2.56. The largest absolute Gasteiger partial charge is 0.494 e. The van der Waals surface area contributed by atoms with Crippen LogP contribution in [0.1, 0.15) is 50.2 Å². The molecule has 3 nitrogen and oxygen atoms in total. The normalized spacial score (nSPS) is 28.7. The molecule has 0 aromatic heterocycles. The number of hydrogen-bond acceptors (Lipinski definition) is 3. The highest BCUT2D eigenvalue weighted by atomic mass is 16.5. The average Bonchev–Trinajstić information content (AvgIpc) is 2.64. The van der Waals surface area contributed by atoms with Gasteiger partial charge in [-0.3, -0.25) is 4.90 Å². The van der Waals surface area contributed by atoms with Crippen molar-refractivity contribution in [3.8, 4) is 5.75 Å². The lowest BCUT2D eigenvalue weighted by atomic mass is 9.72. The zero-order valence-electron chi connectivity index (χ0n) is 15.6. The molecule has 0 radical (unpaired) electrons. The molecule has 1 N–H and O–H groups in total. The molecule has 2 fully saturated rings. The van der Waals surface area contributed by atoms with E-state index < -0.39 is 5.60 Å². The maximum absolute atomic E-state index is 11.5. The molecule has 2 heterocycles. The zero-order chi connectivity index (χ0) is 18.0. The van der Waals surface area contributed by atoms with Crippen molar-refractivity contribution in [3.63, 3.8) is 0 Å². The number of rotatable bonds is 5. The number of fused-ring (bicyclic) bond motifs is 2. The molecule has 2 saturated heterocycles. The summed E-state index contributed by atoms with van der Waals surface area (Å²) < 4.78 is 5.55. The van der Waals surface area contributed by atoms with Gasteiger partial charge in [-0.2, -0.15) is 0 Å². The van der Waals surface area contributed by atoms with Gasteiger partial charge >= 0.3 is 0 Å². The number of benzene rings is 2. The Kier molecular flexibility index (Phi) is 5.01. The Balaban J connectivity index is 1.53. The molecule has 0 saturated carbocycles. The maximum Gasteiger partial charge on any atom is 0.119 e. The highest BCUT2D eigenvalue weighted by Gasteiger charge is 2.46. The fourth-order valence-electron chi connectivity index (χ4n) is 4.84. The van der Waals surface area contributed by atoms with Gasteiger partial charge in [0.2, 0.25) is 0 Å². The topological polar surface area (TPSA) is 32.7 Å². The first kappa shape index (κ1) is 17.6. The van der Waals surface area contributed by atoms with Gasteiger partial charge in [0.05, 0.1) is 12.2 Å². The molecule has 2 atom stereocenters. The van der Waals surface area contributed by atoms with E-state index in [-0.39, 0.29) is 0 Å². The van der Waals surface area contributed by atoms with Crippen LogP contribution in [0.4, 0.5) is 0 Å². The smallest absolute Gasteiger partial charge is 0.119 e. The number of hydrogen-bond donors (Lipinski definition) is 1. The van der Waals surface area contributed by atoms with Gasteiger partial charge in [0.15, 0.2) is 0 Å². The van der Waals surface area contributed by atoms with E-state index in [0.29, 0.717) is 18.7 Å². The minimum atomic E-state index is -0.715. The second-order valence-corrected chi connectivity index (χ2v) is 7.79. The third-order valence-electron chi connectivity index (χ3n) is 6.07. The van der Waals surface area contributed by atoms with Crippen LogP contribution in [0.3, 0.4) is 0 Å². The minimum Gasteiger partial charge on any atom is -0.494 e. The van der Waals surface area contributed by atoms with Gasteiger partial charge in [0.1, 0.15) is 5.75 Å². The van der Waals surface area contributed by atoms with Crippen LogP contribution >= 0.6 is 0 Å². The van der Waals surface area contributed by atoms with E-state index in [9.17, 15) is 5.11 Å². The molecule has 0 aliphatic carbocycles. The van der Waals surface area contributed by atoms with Gasteiger partial charge in [0.25, 0.3) is 0 Å². The molecule has 26 heavy (non-hydrogen) atoms. The Labute approximate surface area is 156 Å². The van der Waals surface area contributed by atoms with E-state index in [4.69, 9.17) is 4.74 Å². The third kappa shape index (κ3) is 3.51. The summed E-state index contributed by atoms with van der Waals surface area (Å²) in [5.41, 5.74) is 1.70. The average molecular weight is 351 g/mol. The first-order chi connectivity index (χ1) is 12.7. The lowest BCUT2D eigenvalue weighted by molar-refractivity contribution is -0.0999. The van der Waals surface area contributed by atoms with E-state index in [1.165, 1.54) is 24.8 Å². The van der Waals surface area contributed by atoms with Gasteiger partial charge in [-0.25, -0.2) is 0 Å². The Bertz CT molecular complexity index is 699. The van der Waals surface area contributed by atoms with Crippen LogP contribution in [0, 0.1) is 0 Å². The standard InChI is InChI=1S/C23H29NO2/c1-2-26-22-13-11-19(12-14-22)23(25)15-20-9-6-10-21(16-23)24(20)17-18-7-4-3-5-8-18/h3-5,7-8,11-14,20-21,25H,2,6,9-10,15-17H2,1H3. The van der Waals surface area contributed by atoms with Crippen LogP contribution in [0.25, 0.3) is 0 Å². The van der Waals surface area contributed by atoms with E-state index in [1.54, 1.807) is 0 Å². The second-order valence-electron chi connectivity index (χ2n) is 7.79. The molecule has 2 bridgehead atoms. The SMILES string of the molecule is CCOc1ccc(C2(O)CC3CCCC(C2)N3Cc2ccccc2)cc1. The second kappa shape index (κ2) is 7.42. The summed E-state index contributed by atoms with van der Waals surface area (Å²) in [5, 5.41) is 11.5. The first-order valence-corrected chi connectivity index (χ1v) is 9.93. The molecule has 2 aliphatic rings. The highest BCUT2D eigenvalue weighted by molar-refractivity contribution is 5.32. The molecule has 2 unspecified atom stereocenters. The van der Waals surface area contributed by atoms with Crippen LogP contribution in [-0.4, -0.2) is 28.7 Å². The molecular formula is C23H29NO2. The van der Waals surface area contributed by atoms with Crippen LogP contribution < -0.4 is 4.74 Å². The highest BCUT2D eigenvalue weighted by Crippen LogP contribution is 2.45. The lowest BCUT2D eigenvalue weighted by Gasteiger charge is -2.52. The van der Waals surface area contributed by atoms with Crippen LogP contribution in [0.5, 0.6) is 5.75 Å². The predicted molar refractivity (Wildman–Crippen MR) is 104 cm³/mol. The Hall–Kier alpha value is -1.84. The Morgan fingerprint density at radius 1 is 1.00 bits per heavy atom. The van der Waals surface area contributed by atoms with E-state index in [0.717, 1.165) is 30.7 Å². The van der Waals surface area contributed by atoms with Gasteiger partial charge < -0.3 is 9.84 Å². The van der Waals surface area contributed by atoms with Gasteiger partial charge in [0, 0.05) is 18.6 Å². The van der Waals surface area contributed by atoms with Gasteiger partial charge in [-0.15, -0.1) is 0 Å². The van der Waals surface area contributed by atoms with Crippen molar-refractivity contribution in [1.82, 2.24) is 4.90 Å². The van der Waals surface area contributed by atoms with Crippen LogP contribution in [0.15, 0.2) is 54.6 Å². The number of aliphatic hydroxyl groups is 1. The number of piperidine rings is 2. The van der Waals surface area contributed by atoms with Gasteiger partial charge in [-0.05, 0) is 55.9 Å². The fourth-order valence-corrected chi connectivity index (χ4v) is 4.84. The fraction of sp³-hybridized carbons (Fsp3) is 0.478. The van der Waals surface area contributed by atoms with Crippen molar-refractivity contribution < 1.29 is 9.84 Å². The number of nitrogens with zero attached hydrogens (tertiary/aromatic N) is 1. The molecule has 138 valence electrons. The zero-order valence-corrected chi connectivity index (χ0v) is 15.6. The monoisotopic (exact) mass is 351 g/mol. The molecule has 0 amide bonds. The van der Waals surface area contributed by atoms with E-state index >= 15 is 0 Å². The maximum atomic E-state index is 11.5. The van der Waals surface area contributed by atoms with E-state index in [2.05, 4.69) is 35.2 Å². The molecule has 3 heteroatoms. The molecule has 4 rings (SSSR count). The van der Waals surface area contributed by atoms with E-state index in [1.807, 2.05) is 31.2 Å². The Morgan fingerprint density at radius 3 is 2.27 bits per heavy atom. The summed E-state index contributed by atoms with van der Waals surface area (Å²) in [6, 6.07) is 19.7. The van der Waals surface area contributed by atoms with Crippen molar-refractivity contribution in [2.75, 3.05) is 6.61 Å². The third-order valence-corrected chi connectivity index (χ3v) is 6.07. The Morgan fingerprint density at radius 2 is 1.65 bits per heavy atom. The van der Waals surface area contributed by atoms with Crippen molar-refractivity contribution in [2.45, 2.75) is 63.3 Å². The number of ether oxygens (including phenoxy) is 1. The van der Waals surface area contributed by atoms with Crippen molar-refractivity contribution in [1.29, 1.82) is 0 Å². The van der Waals surface area contributed by atoms with Crippen molar-refractivity contribution >= 4 is 0 Å². The van der Waals surface area contributed by atoms with Gasteiger partial charge in [-0.1, -0.05) is 48.9 Å². The quantitative estimate of drug-likeness (QED) is 0.861. The minimum absolute atomic E-state index is 0.458. The molecule has 2 aromatic rings. The summed E-state index contributed by atoms with van der Waals surface area (Å²) in [6.45, 7) is 3.66. The molecular weight excluding hydrogens is 322 g/mol. The molecule has 2 aliphatic heterocycles. The summed E-state index contributed by atoms with van der Waals surface area (Å²) in [4.78, 5) is 2.64. The first-order valence-electron chi connectivity index (χ1n) is 9.93. The summed E-state index contributed by atoms with van der Waals surface area (Å²) in [7, 11) is 0. The van der Waals surface area contributed by atoms with Crippen molar-refractivity contribution in [2.24, 2.45) is 0 Å². The molecule has 0 spiro atoms. The molecule has 2 aromatic carbocycles.